The average Bonchev–Trinajstić information content (AvgIpc) is 2.81. The first-order chi connectivity index (χ1) is 7.84. The molecule has 0 bridgehead atoms. The van der Waals surface area contributed by atoms with Gasteiger partial charge in [-0.2, -0.15) is 0 Å². The molecule has 0 aromatic carbocycles. The second-order valence-corrected chi connectivity index (χ2v) is 3.90. The molecule has 0 saturated carbocycles. The van der Waals surface area contributed by atoms with Gasteiger partial charge in [-0.05, 0) is 37.6 Å². The van der Waals surface area contributed by atoms with Crippen molar-refractivity contribution in [1.29, 1.82) is 0 Å². The Morgan fingerprint density at radius 1 is 1.62 bits per heavy atom. The van der Waals surface area contributed by atoms with Gasteiger partial charge in [0, 0.05) is 18.7 Å². The molecule has 2 N–H and O–H groups in total. The van der Waals surface area contributed by atoms with Crippen molar-refractivity contribution in [3.8, 4) is 0 Å². The zero-order valence-corrected chi connectivity index (χ0v) is 9.11. The van der Waals surface area contributed by atoms with E-state index in [0.717, 1.165) is 25.9 Å². The van der Waals surface area contributed by atoms with Crippen LogP contribution in [0.3, 0.4) is 0 Å². The fourth-order valence-electron chi connectivity index (χ4n) is 1.77. The average molecular weight is 220 g/mol. The minimum atomic E-state index is -0.0647. The SMILES string of the molecule is O=C(/C=C/c1ccco1)N[C@@H]1CCCNC1. The molecule has 1 amide bonds. The van der Waals surface area contributed by atoms with E-state index in [9.17, 15) is 4.79 Å². The predicted octanol–water partition coefficient (Wildman–Crippen LogP) is 1.16. The van der Waals surface area contributed by atoms with Crippen molar-refractivity contribution in [3.63, 3.8) is 0 Å². The van der Waals surface area contributed by atoms with E-state index in [1.54, 1.807) is 18.4 Å². The first-order valence-corrected chi connectivity index (χ1v) is 5.57. The van der Waals surface area contributed by atoms with Crippen LogP contribution in [0, 0.1) is 0 Å². The van der Waals surface area contributed by atoms with Gasteiger partial charge in [0.2, 0.25) is 5.91 Å². The summed E-state index contributed by atoms with van der Waals surface area (Å²) < 4.78 is 5.09. The molecule has 86 valence electrons. The van der Waals surface area contributed by atoms with Crippen molar-refractivity contribution in [3.05, 3.63) is 30.2 Å². The lowest BCUT2D eigenvalue weighted by Crippen LogP contribution is -2.45. The number of amides is 1. The molecule has 2 heterocycles. The van der Waals surface area contributed by atoms with E-state index in [4.69, 9.17) is 4.42 Å². The summed E-state index contributed by atoms with van der Waals surface area (Å²) in [6.45, 7) is 1.91. The van der Waals surface area contributed by atoms with E-state index >= 15 is 0 Å². The molecule has 4 heteroatoms. The Morgan fingerprint density at radius 2 is 2.56 bits per heavy atom. The van der Waals surface area contributed by atoms with Crippen LogP contribution in [0.5, 0.6) is 0 Å². The van der Waals surface area contributed by atoms with Crippen molar-refractivity contribution in [1.82, 2.24) is 10.6 Å². The van der Waals surface area contributed by atoms with Crippen molar-refractivity contribution >= 4 is 12.0 Å². The Morgan fingerprint density at radius 3 is 3.25 bits per heavy atom. The minimum absolute atomic E-state index is 0.0647. The first kappa shape index (κ1) is 11.0. The number of furan rings is 1. The number of nitrogens with one attached hydrogen (secondary N) is 2. The van der Waals surface area contributed by atoms with Crippen LogP contribution in [0.15, 0.2) is 28.9 Å². The highest BCUT2D eigenvalue weighted by atomic mass is 16.3. The smallest absolute Gasteiger partial charge is 0.244 e. The van der Waals surface area contributed by atoms with Crippen molar-refractivity contribution in [2.75, 3.05) is 13.1 Å². The maximum Gasteiger partial charge on any atom is 0.244 e. The van der Waals surface area contributed by atoms with E-state index in [-0.39, 0.29) is 11.9 Å². The molecule has 4 nitrogen and oxygen atoms in total. The van der Waals surface area contributed by atoms with Gasteiger partial charge in [-0.15, -0.1) is 0 Å². The summed E-state index contributed by atoms with van der Waals surface area (Å²) in [5.74, 6) is 0.627. The van der Waals surface area contributed by atoms with Crippen LogP contribution in [0.4, 0.5) is 0 Å². The maximum absolute atomic E-state index is 11.5. The lowest BCUT2D eigenvalue weighted by Gasteiger charge is -2.23. The van der Waals surface area contributed by atoms with Crippen molar-refractivity contribution in [2.24, 2.45) is 0 Å². The number of hydrogen-bond acceptors (Lipinski definition) is 3. The largest absolute Gasteiger partial charge is 0.465 e. The van der Waals surface area contributed by atoms with Gasteiger partial charge in [0.15, 0.2) is 0 Å². The van der Waals surface area contributed by atoms with Crippen LogP contribution < -0.4 is 10.6 Å². The summed E-state index contributed by atoms with van der Waals surface area (Å²) in [4.78, 5) is 11.5. The summed E-state index contributed by atoms with van der Waals surface area (Å²) in [6, 6.07) is 3.86. The third-order valence-corrected chi connectivity index (χ3v) is 2.59. The van der Waals surface area contributed by atoms with Gasteiger partial charge in [0.05, 0.1) is 6.26 Å². The highest BCUT2D eigenvalue weighted by molar-refractivity contribution is 5.91. The molecule has 1 fully saturated rings. The van der Waals surface area contributed by atoms with E-state index in [0.29, 0.717) is 5.76 Å². The summed E-state index contributed by atoms with van der Waals surface area (Å²) >= 11 is 0. The third-order valence-electron chi connectivity index (χ3n) is 2.59. The van der Waals surface area contributed by atoms with Gasteiger partial charge in [0.25, 0.3) is 0 Å². The summed E-state index contributed by atoms with van der Waals surface area (Å²) in [5, 5.41) is 6.20. The van der Waals surface area contributed by atoms with Gasteiger partial charge in [0.1, 0.15) is 5.76 Å². The van der Waals surface area contributed by atoms with Gasteiger partial charge < -0.3 is 15.1 Å². The Hall–Kier alpha value is -1.55. The van der Waals surface area contributed by atoms with Crippen LogP contribution in [0.25, 0.3) is 6.08 Å². The standard InChI is InChI=1S/C12H16N2O2/c15-12(6-5-11-4-2-8-16-11)14-10-3-1-7-13-9-10/h2,4-6,8,10,13H,1,3,7,9H2,(H,14,15)/b6-5+/t10-/m1/s1. The molecular weight excluding hydrogens is 204 g/mol. The second-order valence-electron chi connectivity index (χ2n) is 3.90. The van der Waals surface area contributed by atoms with Crippen molar-refractivity contribution in [2.45, 2.75) is 18.9 Å². The Kier molecular flexibility index (Phi) is 3.77. The van der Waals surface area contributed by atoms with Crippen LogP contribution >= 0.6 is 0 Å². The number of piperidine rings is 1. The van der Waals surface area contributed by atoms with Crippen LogP contribution in [0.2, 0.25) is 0 Å². The molecule has 0 spiro atoms. The normalized spacial score (nSPS) is 21.1. The lowest BCUT2D eigenvalue weighted by atomic mass is 10.1. The quantitative estimate of drug-likeness (QED) is 0.752. The molecule has 0 radical (unpaired) electrons. The summed E-state index contributed by atoms with van der Waals surface area (Å²) in [7, 11) is 0. The monoisotopic (exact) mass is 220 g/mol. The van der Waals surface area contributed by atoms with E-state index < -0.39 is 0 Å². The topological polar surface area (TPSA) is 54.3 Å². The Balaban J connectivity index is 1.79. The molecular formula is C12H16N2O2. The fraction of sp³-hybridized carbons (Fsp3) is 0.417. The molecule has 1 aliphatic rings. The maximum atomic E-state index is 11.5. The molecule has 0 aliphatic carbocycles. The number of hydrogen-bond donors (Lipinski definition) is 2. The van der Waals surface area contributed by atoms with E-state index in [2.05, 4.69) is 10.6 Å². The Bertz CT molecular complexity index is 351. The molecule has 1 aliphatic heterocycles. The molecule has 16 heavy (non-hydrogen) atoms. The molecule has 1 saturated heterocycles. The van der Waals surface area contributed by atoms with Gasteiger partial charge in [-0.1, -0.05) is 0 Å². The number of rotatable bonds is 3. The molecule has 2 rings (SSSR count). The minimum Gasteiger partial charge on any atom is -0.465 e. The number of carbonyl (C=O) groups excluding carboxylic acids is 1. The first-order valence-electron chi connectivity index (χ1n) is 5.57. The van der Waals surface area contributed by atoms with Crippen LogP contribution in [0.1, 0.15) is 18.6 Å². The van der Waals surface area contributed by atoms with Crippen molar-refractivity contribution < 1.29 is 9.21 Å². The van der Waals surface area contributed by atoms with Gasteiger partial charge in [-0.3, -0.25) is 4.79 Å². The highest BCUT2D eigenvalue weighted by Gasteiger charge is 2.13. The van der Waals surface area contributed by atoms with E-state index in [1.807, 2.05) is 6.07 Å². The molecule has 0 unspecified atom stereocenters. The second kappa shape index (κ2) is 5.51. The third kappa shape index (κ3) is 3.24. The predicted molar refractivity (Wildman–Crippen MR) is 61.8 cm³/mol. The van der Waals surface area contributed by atoms with Crippen LogP contribution in [-0.2, 0) is 4.79 Å². The molecule has 1 aromatic rings. The highest BCUT2D eigenvalue weighted by Crippen LogP contribution is 2.03. The summed E-state index contributed by atoms with van der Waals surface area (Å²) in [6.07, 6.45) is 6.93. The van der Waals surface area contributed by atoms with Gasteiger partial charge in [-0.25, -0.2) is 0 Å². The lowest BCUT2D eigenvalue weighted by molar-refractivity contribution is -0.117. The molecule has 1 atom stereocenters. The zero-order chi connectivity index (χ0) is 11.2. The number of carbonyl (C=O) groups is 1. The molecule has 1 aromatic heterocycles. The fourth-order valence-corrected chi connectivity index (χ4v) is 1.77. The van der Waals surface area contributed by atoms with Crippen LogP contribution in [-0.4, -0.2) is 25.0 Å². The summed E-state index contributed by atoms with van der Waals surface area (Å²) in [5.41, 5.74) is 0. The van der Waals surface area contributed by atoms with Gasteiger partial charge >= 0.3 is 0 Å². The zero-order valence-electron chi connectivity index (χ0n) is 9.11. The Labute approximate surface area is 94.7 Å². The van der Waals surface area contributed by atoms with E-state index in [1.165, 1.54) is 6.08 Å².